The number of allylic oxidation sites excluding steroid dienone is 2. The molecular formula is C20H34O3. The van der Waals surface area contributed by atoms with Gasteiger partial charge in [0.15, 0.2) is 5.78 Å². The molecule has 0 amide bonds. The molecule has 0 aromatic heterocycles. The van der Waals surface area contributed by atoms with E-state index in [1.165, 1.54) is 44.8 Å². The first kappa shape index (κ1) is 19.9. The zero-order chi connectivity index (χ0) is 16.9. The minimum atomic E-state index is -0.121. The Hall–Kier alpha value is -1.12. The second kappa shape index (κ2) is 12.3. The lowest BCUT2D eigenvalue weighted by Crippen LogP contribution is -1.99. The van der Waals surface area contributed by atoms with Crippen molar-refractivity contribution in [2.24, 2.45) is 0 Å². The van der Waals surface area contributed by atoms with Gasteiger partial charge in [-0.3, -0.25) is 9.59 Å². The van der Waals surface area contributed by atoms with Gasteiger partial charge in [0.05, 0.1) is 7.11 Å². The fourth-order valence-corrected chi connectivity index (χ4v) is 3.32. The molecule has 3 heteroatoms. The quantitative estimate of drug-likeness (QED) is 0.331. The van der Waals surface area contributed by atoms with Crippen molar-refractivity contribution in [3.8, 4) is 0 Å². The van der Waals surface area contributed by atoms with Crippen molar-refractivity contribution in [1.82, 2.24) is 0 Å². The third-order valence-corrected chi connectivity index (χ3v) is 4.78. The van der Waals surface area contributed by atoms with Crippen molar-refractivity contribution in [1.29, 1.82) is 0 Å². The molecule has 0 saturated carbocycles. The van der Waals surface area contributed by atoms with Crippen molar-refractivity contribution in [3.05, 3.63) is 11.1 Å². The summed E-state index contributed by atoms with van der Waals surface area (Å²) in [6, 6.07) is 0. The van der Waals surface area contributed by atoms with Crippen molar-refractivity contribution in [3.63, 3.8) is 0 Å². The number of methoxy groups -OCH3 is 1. The van der Waals surface area contributed by atoms with Crippen LogP contribution in [0.5, 0.6) is 0 Å². The van der Waals surface area contributed by atoms with Crippen LogP contribution in [-0.4, -0.2) is 18.9 Å². The topological polar surface area (TPSA) is 43.4 Å². The zero-order valence-electron chi connectivity index (χ0n) is 15.1. The van der Waals surface area contributed by atoms with Crippen molar-refractivity contribution in [2.75, 3.05) is 7.11 Å². The Labute approximate surface area is 141 Å². The highest BCUT2D eigenvalue weighted by atomic mass is 16.5. The fraction of sp³-hybridized carbons (Fsp3) is 0.800. The summed E-state index contributed by atoms with van der Waals surface area (Å²) in [7, 11) is 1.43. The van der Waals surface area contributed by atoms with E-state index in [0.29, 0.717) is 12.2 Å². The number of carbonyl (C=O) groups is 2. The van der Waals surface area contributed by atoms with Gasteiger partial charge in [0.2, 0.25) is 0 Å². The van der Waals surface area contributed by atoms with E-state index in [0.717, 1.165) is 56.9 Å². The molecule has 3 nitrogen and oxygen atoms in total. The predicted octanol–water partition coefficient (Wildman–Crippen LogP) is 5.52. The first-order valence-electron chi connectivity index (χ1n) is 9.50. The van der Waals surface area contributed by atoms with Crippen LogP contribution in [0.25, 0.3) is 0 Å². The van der Waals surface area contributed by atoms with Crippen LogP contribution in [0.2, 0.25) is 0 Å². The van der Waals surface area contributed by atoms with Gasteiger partial charge in [0, 0.05) is 12.8 Å². The minimum Gasteiger partial charge on any atom is -0.469 e. The lowest BCUT2D eigenvalue weighted by Gasteiger charge is -2.07. The Kier molecular flexibility index (Phi) is 10.7. The van der Waals surface area contributed by atoms with E-state index in [9.17, 15) is 9.59 Å². The van der Waals surface area contributed by atoms with Crippen LogP contribution >= 0.6 is 0 Å². The number of carbonyl (C=O) groups excluding carboxylic acids is 2. The molecule has 0 aromatic carbocycles. The smallest absolute Gasteiger partial charge is 0.305 e. The first-order valence-corrected chi connectivity index (χ1v) is 9.50. The number of ether oxygens (including phenoxy) is 1. The summed E-state index contributed by atoms with van der Waals surface area (Å²) in [6.07, 6.45) is 14.9. The lowest BCUT2D eigenvalue weighted by molar-refractivity contribution is -0.140. The molecule has 0 saturated heterocycles. The molecule has 0 radical (unpaired) electrons. The van der Waals surface area contributed by atoms with Crippen LogP contribution in [0.3, 0.4) is 0 Å². The lowest BCUT2D eigenvalue weighted by atomic mass is 9.98. The molecule has 132 valence electrons. The van der Waals surface area contributed by atoms with Gasteiger partial charge in [0.1, 0.15) is 0 Å². The third-order valence-electron chi connectivity index (χ3n) is 4.78. The predicted molar refractivity (Wildman–Crippen MR) is 94.4 cm³/mol. The largest absolute Gasteiger partial charge is 0.469 e. The molecule has 0 spiro atoms. The monoisotopic (exact) mass is 322 g/mol. The second-order valence-corrected chi connectivity index (χ2v) is 6.66. The van der Waals surface area contributed by atoms with Gasteiger partial charge in [-0.25, -0.2) is 0 Å². The Balaban J connectivity index is 2.21. The maximum Gasteiger partial charge on any atom is 0.305 e. The molecule has 0 aliphatic heterocycles. The standard InChI is InChI=1S/C20H34O3/c1-3-4-5-6-9-12-17-15-16-19(21)18(17)13-10-7-8-11-14-20(22)23-2/h3-16H2,1-2H3. The number of hydrogen-bond acceptors (Lipinski definition) is 3. The highest BCUT2D eigenvalue weighted by Gasteiger charge is 2.21. The van der Waals surface area contributed by atoms with Crippen molar-refractivity contribution < 1.29 is 14.3 Å². The Morgan fingerprint density at radius 3 is 2.26 bits per heavy atom. The van der Waals surface area contributed by atoms with Crippen LogP contribution < -0.4 is 0 Å². The molecule has 0 N–H and O–H groups in total. The molecular weight excluding hydrogens is 288 g/mol. The molecule has 0 heterocycles. The van der Waals surface area contributed by atoms with Crippen LogP contribution in [0.15, 0.2) is 11.1 Å². The van der Waals surface area contributed by atoms with Crippen LogP contribution in [0.1, 0.15) is 96.8 Å². The number of hydrogen-bond donors (Lipinski definition) is 0. The van der Waals surface area contributed by atoms with Crippen molar-refractivity contribution >= 4 is 11.8 Å². The minimum absolute atomic E-state index is 0.121. The molecule has 1 aliphatic carbocycles. The SMILES string of the molecule is CCCCCCCC1=C(CCCCCCC(=O)OC)C(=O)CC1. The van der Waals surface area contributed by atoms with Gasteiger partial charge in [-0.05, 0) is 44.1 Å². The van der Waals surface area contributed by atoms with E-state index < -0.39 is 0 Å². The fourth-order valence-electron chi connectivity index (χ4n) is 3.32. The molecule has 23 heavy (non-hydrogen) atoms. The Bertz CT molecular complexity index is 396. The molecule has 0 bridgehead atoms. The number of esters is 1. The van der Waals surface area contributed by atoms with E-state index >= 15 is 0 Å². The third kappa shape index (κ3) is 8.34. The van der Waals surface area contributed by atoms with E-state index in [4.69, 9.17) is 0 Å². The maximum absolute atomic E-state index is 12.0. The molecule has 0 atom stereocenters. The number of Topliss-reactive ketones (excluding diaryl/α,β-unsaturated/α-hetero) is 1. The van der Waals surface area contributed by atoms with Gasteiger partial charge in [-0.1, -0.05) is 51.0 Å². The first-order chi connectivity index (χ1) is 11.2. The second-order valence-electron chi connectivity index (χ2n) is 6.66. The molecule has 0 unspecified atom stereocenters. The highest BCUT2D eigenvalue weighted by Crippen LogP contribution is 2.31. The summed E-state index contributed by atoms with van der Waals surface area (Å²) in [5.74, 6) is 0.271. The summed E-state index contributed by atoms with van der Waals surface area (Å²) < 4.78 is 4.64. The Morgan fingerprint density at radius 1 is 0.913 bits per heavy atom. The Morgan fingerprint density at radius 2 is 1.57 bits per heavy atom. The molecule has 1 aliphatic rings. The van der Waals surface area contributed by atoms with Crippen LogP contribution in [0.4, 0.5) is 0 Å². The molecule has 0 aromatic rings. The normalized spacial score (nSPS) is 14.6. The van der Waals surface area contributed by atoms with Crippen LogP contribution in [-0.2, 0) is 14.3 Å². The van der Waals surface area contributed by atoms with E-state index in [1.807, 2.05) is 0 Å². The van der Waals surface area contributed by atoms with Gasteiger partial charge in [-0.2, -0.15) is 0 Å². The van der Waals surface area contributed by atoms with E-state index in [2.05, 4.69) is 11.7 Å². The van der Waals surface area contributed by atoms with Crippen LogP contribution in [0, 0.1) is 0 Å². The highest BCUT2D eigenvalue weighted by molar-refractivity contribution is 5.98. The van der Waals surface area contributed by atoms with Gasteiger partial charge < -0.3 is 4.74 Å². The number of unbranched alkanes of at least 4 members (excludes halogenated alkanes) is 7. The number of ketones is 1. The number of rotatable bonds is 13. The van der Waals surface area contributed by atoms with E-state index in [-0.39, 0.29) is 5.97 Å². The summed E-state index contributed by atoms with van der Waals surface area (Å²) in [4.78, 5) is 23.1. The average Bonchev–Trinajstić information content (AvgIpc) is 2.90. The molecule has 0 fully saturated rings. The van der Waals surface area contributed by atoms with Crippen molar-refractivity contribution in [2.45, 2.75) is 96.8 Å². The van der Waals surface area contributed by atoms with Gasteiger partial charge in [-0.15, -0.1) is 0 Å². The zero-order valence-corrected chi connectivity index (χ0v) is 15.1. The average molecular weight is 322 g/mol. The summed E-state index contributed by atoms with van der Waals surface area (Å²) in [6.45, 7) is 2.24. The summed E-state index contributed by atoms with van der Waals surface area (Å²) in [5, 5.41) is 0. The molecule has 1 rings (SSSR count). The summed E-state index contributed by atoms with van der Waals surface area (Å²) >= 11 is 0. The van der Waals surface area contributed by atoms with E-state index in [1.54, 1.807) is 0 Å². The maximum atomic E-state index is 12.0. The summed E-state index contributed by atoms with van der Waals surface area (Å²) in [5.41, 5.74) is 2.59. The van der Waals surface area contributed by atoms with Gasteiger partial charge in [0.25, 0.3) is 0 Å². The van der Waals surface area contributed by atoms with Gasteiger partial charge >= 0.3 is 5.97 Å².